The predicted octanol–water partition coefficient (Wildman–Crippen LogP) is 3.04. The molecule has 1 aromatic carbocycles. The van der Waals surface area contributed by atoms with Gasteiger partial charge in [-0.25, -0.2) is 13.6 Å². The number of aliphatic imine (C=N–C) groups is 1. The highest BCUT2D eigenvalue weighted by atomic mass is 19.1. The van der Waals surface area contributed by atoms with Crippen LogP contribution in [0.4, 0.5) is 8.78 Å². The third kappa shape index (κ3) is 5.99. The van der Waals surface area contributed by atoms with Crippen LogP contribution in [0, 0.1) is 11.6 Å². The Morgan fingerprint density at radius 3 is 2.33 bits per heavy atom. The average molecular weight is 299 g/mol. The van der Waals surface area contributed by atoms with E-state index in [1.807, 2.05) is 0 Å². The third-order valence-electron chi connectivity index (χ3n) is 2.88. The zero-order valence-electron chi connectivity index (χ0n) is 11.9. The fourth-order valence-electron chi connectivity index (χ4n) is 1.65. The number of ether oxygens (including phenoxy) is 1. The van der Waals surface area contributed by atoms with Gasteiger partial charge in [-0.2, -0.15) is 0 Å². The maximum atomic E-state index is 13.1. The van der Waals surface area contributed by atoms with Crippen molar-refractivity contribution >= 4 is 12.2 Å². The molecule has 0 amide bonds. The number of aliphatic carboxylic acids is 1. The molecule has 1 aliphatic rings. The normalized spacial score (nSPS) is 15.6. The lowest BCUT2D eigenvalue weighted by molar-refractivity contribution is -0.138. The molecule has 1 aliphatic heterocycles. The summed E-state index contributed by atoms with van der Waals surface area (Å²) in [5, 5.41) is 8.69. The van der Waals surface area contributed by atoms with Crippen LogP contribution >= 0.6 is 0 Å². The first-order valence-corrected chi connectivity index (χ1v) is 6.84. The zero-order chi connectivity index (χ0) is 15.7. The monoisotopic (exact) mass is 299 g/mol. The van der Waals surface area contributed by atoms with Crippen LogP contribution in [0.2, 0.25) is 0 Å². The number of carbonyl (C=O) groups is 1. The standard InChI is InChI=1S/C11H11F2NO2.C4H8O/c1-2-10(11(15)16)14-6-7-8(12)4-3-5-9(7)13;1-2-4-5-3-1/h3-6,10H,2H2,1H3,(H,15,16);1-4H2. The molecule has 116 valence electrons. The largest absolute Gasteiger partial charge is 0.480 e. The molecule has 0 aromatic heterocycles. The minimum absolute atomic E-state index is 0.266. The summed E-state index contributed by atoms with van der Waals surface area (Å²) >= 11 is 0. The highest BCUT2D eigenvalue weighted by Crippen LogP contribution is 2.10. The quantitative estimate of drug-likeness (QED) is 0.869. The van der Waals surface area contributed by atoms with Crippen molar-refractivity contribution in [3.8, 4) is 0 Å². The van der Waals surface area contributed by atoms with Crippen LogP contribution in [0.5, 0.6) is 0 Å². The number of benzene rings is 1. The van der Waals surface area contributed by atoms with Crippen molar-refractivity contribution in [1.82, 2.24) is 0 Å². The molecule has 1 N–H and O–H groups in total. The molecule has 4 nitrogen and oxygen atoms in total. The van der Waals surface area contributed by atoms with Crippen LogP contribution in [-0.2, 0) is 9.53 Å². The number of rotatable bonds is 4. The Morgan fingerprint density at radius 1 is 1.38 bits per heavy atom. The van der Waals surface area contributed by atoms with Crippen LogP contribution in [0.15, 0.2) is 23.2 Å². The van der Waals surface area contributed by atoms with E-state index in [0.29, 0.717) is 0 Å². The van der Waals surface area contributed by atoms with Crippen molar-refractivity contribution in [2.24, 2.45) is 4.99 Å². The SMILES string of the molecule is C1CCOC1.CCC(N=Cc1c(F)cccc1F)C(=O)O. The number of nitrogens with zero attached hydrogens (tertiary/aromatic N) is 1. The molecule has 1 unspecified atom stereocenters. The second-order valence-electron chi connectivity index (χ2n) is 4.50. The molecule has 1 heterocycles. The number of carboxylic acids is 1. The molecule has 6 heteroatoms. The molecule has 0 spiro atoms. The maximum absolute atomic E-state index is 13.1. The lowest BCUT2D eigenvalue weighted by atomic mass is 10.2. The molecule has 2 rings (SSSR count). The molecule has 1 fully saturated rings. The van der Waals surface area contributed by atoms with E-state index in [0.717, 1.165) is 31.6 Å². The van der Waals surface area contributed by atoms with Gasteiger partial charge >= 0.3 is 5.97 Å². The zero-order valence-corrected chi connectivity index (χ0v) is 11.9. The van der Waals surface area contributed by atoms with Crippen molar-refractivity contribution in [3.63, 3.8) is 0 Å². The highest BCUT2D eigenvalue weighted by Gasteiger charge is 2.13. The van der Waals surface area contributed by atoms with Crippen LogP contribution in [0.25, 0.3) is 0 Å². The predicted molar refractivity (Wildman–Crippen MR) is 75.7 cm³/mol. The molecule has 0 bridgehead atoms. The first-order chi connectivity index (χ1) is 10.1. The highest BCUT2D eigenvalue weighted by molar-refractivity contribution is 5.83. The van der Waals surface area contributed by atoms with Gasteiger partial charge in [0.05, 0.1) is 5.56 Å². The van der Waals surface area contributed by atoms with Crippen molar-refractivity contribution in [3.05, 3.63) is 35.4 Å². The first kappa shape index (κ1) is 17.2. The summed E-state index contributed by atoms with van der Waals surface area (Å²) in [7, 11) is 0. The summed E-state index contributed by atoms with van der Waals surface area (Å²) < 4.78 is 31.2. The molecule has 21 heavy (non-hydrogen) atoms. The second kappa shape index (κ2) is 9.18. The summed E-state index contributed by atoms with van der Waals surface area (Å²) in [4.78, 5) is 14.2. The Hall–Kier alpha value is -1.82. The van der Waals surface area contributed by atoms with Gasteiger partial charge in [-0.3, -0.25) is 4.99 Å². The van der Waals surface area contributed by atoms with Gasteiger partial charge in [-0.1, -0.05) is 13.0 Å². The van der Waals surface area contributed by atoms with E-state index in [2.05, 4.69) is 4.99 Å². The van der Waals surface area contributed by atoms with Crippen LogP contribution in [0.3, 0.4) is 0 Å². The van der Waals surface area contributed by atoms with Gasteiger partial charge < -0.3 is 9.84 Å². The second-order valence-corrected chi connectivity index (χ2v) is 4.50. The van der Waals surface area contributed by atoms with Crippen molar-refractivity contribution in [2.75, 3.05) is 13.2 Å². The van der Waals surface area contributed by atoms with Gasteiger partial charge in [0.1, 0.15) is 17.7 Å². The van der Waals surface area contributed by atoms with Crippen molar-refractivity contribution in [1.29, 1.82) is 0 Å². The van der Waals surface area contributed by atoms with E-state index in [4.69, 9.17) is 9.84 Å². The molecule has 1 atom stereocenters. The summed E-state index contributed by atoms with van der Waals surface area (Å²) in [5.41, 5.74) is -0.317. The van der Waals surface area contributed by atoms with Crippen LogP contribution in [-0.4, -0.2) is 36.5 Å². The van der Waals surface area contributed by atoms with E-state index < -0.39 is 23.6 Å². The topological polar surface area (TPSA) is 58.9 Å². The van der Waals surface area contributed by atoms with Gasteiger partial charge in [-0.15, -0.1) is 0 Å². The van der Waals surface area contributed by atoms with Gasteiger partial charge in [-0.05, 0) is 31.4 Å². The summed E-state index contributed by atoms with van der Waals surface area (Å²) in [5.74, 6) is -2.64. The van der Waals surface area contributed by atoms with Gasteiger partial charge in [0.2, 0.25) is 0 Å². The van der Waals surface area contributed by atoms with Crippen molar-refractivity contribution in [2.45, 2.75) is 32.2 Å². The number of carboxylic acid groups (broad SMARTS) is 1. The molecule has 1 aromatic rings. The van der Waals surface area contributed by atoms with Gasteiger partial charge in [0.15, 0.2) is 0 Å². The Balaban J connectivity index is 0.000000369. The first-order valence-electron chi connectivity index (χ1n) is 6.84. The lowest BCUT2D eigenvalue weighted by Crippen LogP contribution is -2.16. The minimum atomic E-state index is -1.12. The Morgan fingerprint density at radius 2 is 1.95 bits per heavy atom. The fourth-order valence-corrected chi connectivity index (χ4v) is 1.65. The van der Waals surface area contributed by atoms with Crippen LogP contribution in [0.1, 0.15) is 31.7 Å². The Bertz CT molecular complexity index is 460. The van der Waals surface area contributed by atoms with Crippen molar-refractivity contribution < 1.29 is 23.4 Å². The maximum Gasteiger partial charge on any atom is 0.328 e. The molecule has 1 saturated heterocycles. The Kier molecular flexibility index (Phi) is 7.53. The summed E-state index contributed by atoms with van der Waals surface area (Å²) in [6.07, 6.45) is 3.74. The Labute approximate surface area is 122 Å². The molecule has 0 radical (unpaired) electrons. The van der Waals surface area contributed by atoms with E-state index in [1.54, 1.807) is 6.92 Å². The average Bonchev–Trinajstić information content (AvgIpc) is 3.01. The minimum Gasteiger partial charge on any atom is -0.480 e. The van der Waals surface area contributed by atoms with Gasteiger partial charge in [0.25, 0.3) is 0 Å². The smallest absolute Gasteiger partial charge is 0.328 e. The number of hydrogen-bond donors (Lipinski definition) is 1. The van der Waals surface area contributed by atoms with Gasteiger partial charge in [0, 0.05) is 19.4 Å². The van der Waals surface area contributed by atoms with E-state index in [1.165, 1.54) is 18.9 Å². The summed E-state index contributed by atoms with van der Waals surface area (Å²) in [6.45, 7) is 3.63. The third-order valence-corrected chi connectivity index (χ3v) is 2.88. The fraction of sp³-hybridized carbons (Fsp3) is 0.467. The molecule has 0 saturated carbocycles. The molecular weight excluding hydrogens is 280 g/mol. The molecule has 0 aliphatic carbocycles. The van der Waals surface area contributed by atoms with E-state index >= 15 is 0 Å². The number of hydrogen-bond acceptors (Lipinski definition) is 3. The van der Waals surface area contributed by atoms with E-state index in [9.17, 15) is 13.6 Å². The lowest BCUT2D eigenvalue weighted by Gasteiger charge is -2.03. The number of halogens is 2. The van der Waals surface area contributed by atoms with Crippen LogP contribution < -0.4 is 0 Å². The summed E-state index contributed by atoms with van der Waals surface area (Å²) in [6, 6.07) is 2.44. The molecular formula is C15H19F2NO3. The van der Waals surface area contributed by atoms with E-state index in [-0.39, 0.29) is 12.0 Å².